The quantitative estimate of drug-likeness (QED) is 0.572. The average Bonchev–Trinajstić information content (AvgIpc) is 2.76. The third-order valence-corrected chi connectivity index (χ3v) is 5.90. The molecule has 184 valence electrons. The van der Waals surface area contributed by atoms with Gasteiger partial charge in [-0.25, -0.2) is 9.59 Å². The first-order chi connectivity index (χ1) is 16.1. The zero-order valence-electron chi connectivity index (χ0n) is 20.7. The van der Waals surface area contributed by atoms with E-state index in [2.05, 4.69) is 19.2 Å². The average molecular weight is 472 g/mol. The summed E-state index contributed by atoms with van der Waals surface area (Å²) in [5.41, 5.74) is 2.97. The van der Waals surface area contributed by atoms with E-state index in [0.29, 0.717) is 53.4 Å². The highest BCUT2D eigenvalue weighted by atomic mass is 16.6. The number of benzene rings is 1. The molecular formula is C26H33NO7. The number of hydrogen-bond donors (Lipinski definition) is 1. The molecule has 0 amide bonds. The number of ketones is 1. The molecule has 0 bridgehead atoms. The molecule has 2 aliphatic rings. The number of Topliss-reactive ketones (excluding diaryl/α,β-unsaturated/α-hetero) is 1. The molecule has 1 atom stereocenters. The van der Waals surface area contributed by atoms with E-state index in [4.69, 9.17) is 18.9 Å². The van der Waals surface area contributed by atoms with Gasteiger partial charge in [-0.3, -0.25) is 4.79 Å². The number of dihydropyridines is 1. The molecule has 1 heterocycles. The number of rotatable bonds is 8. The fraction of sp³-hybridized carbons (Fsp3) is 0.500. The molecule has 8 heteroatoms. The molecule has 0 unspecified atom stereocenters. The molecule has 1 aliphatic carbocycles. The molecule has 34 heavy (non-hydrogen) atoms. The van der Waals surface area contributed by atoms with E-state index in [-0.39, 0.29) is 24.4 Å². The minimum Gasteiger partial charge on any atom is -0.490 e. The molecule has 0 spiro atoms. The van der Waals surface area contributed by atoms with Gasteiger partial charge in [-0.05, 0) is 50.3 Å². The third-order valence-electron chi connectivity index (χ3n) is 5.90. The Balaban J connectivity index is 2.08. The Bertz CT molecular complexity index is 1050. The van der Waals surface area contributed by atoms with Gasteiger partial charge in [0.25, 0.3) is 0 Å². The SMILES string of the molecule is CCOC(=O)COc1ccc([C@H]2C(C(=O)OC)=C(C)NC3=C2C(=O)CC(C)(C)C3)cc1OCC. The van der Waals surface area contributed by atoms with Crippen LogP contribution in [0.5, 0.6) is 11.5 Å². The highest BCUT2D eigenvalue weighted by Crippen LogP contribution is 2.47. The Hall–Kier alpha value is -3.29. The number of methoxy groups -OCH3 is 1. The lowest BCUT2D eigenvalue weighted by atomic mass is 9.68. The van der Waals surface area contributed by atoms with Crippen LogP contribution < -0.4 is 14.8 Å². The summed E-state index contributed by atoms with van der Waals surface area (Å²) in [4.78, 5) is 37.9. The van der Waals surface area contributed by atoms with Gasteiger partial charge in [0.2, 0.25) is 0 Å². The van der Waals surface area contributed by atoms with Crippen LogP contribution in [0.2, 0.25) is 0 Å². The van der Waals surface area contributed by atoms with Crippen molar-refractivity contribution in [1.29, 1.82) is 0 Å². The van der Waals surface area contributed by atoms with Crippen LogP contribution in [0.15, 0.2) is 40.7 Å². The predicted molar refractivity (Wildman–Crippen MR) is 125 cm³/mol. The first kappa shape index (κ1) is 25.3. The second-order valence-electron chi connectivity index (χ2n) is 9.15. The largest absolute Gasteiger partial charge is 0.490 e. The van der Waals surface area contributed by atoms with E-state index in [0.717, 1.165) is 5.70 Å². The lowest BCUT2D eigenvalue weighted by Gasteiger charge is -2.39. The number of allylic oxidation sites excluding steroid dienone is 3. The molecule has 0 fully saturated rings. The summed E-state index contributed by atoms with van der Waals surface area (Å²) >= 11 is 0. The highest BCUT2D eigenvalue weighted by Gasteiger charge is 2.43. The smallest absolute Gasteiger partial charge is 0.344 e. The summed E-state index contributed by atoms with van der Waals surface area (Å²) in [6.45, 7) is 9.87. The zero-order chi connectivity index (χ0) is 25.0. The van der Waals surface area contributed by atoms with Crippen molar-refractivity contribution in [1.82, 2.24) is 5.32 Å². The number of carbonyl (C=O) groups is 3. The number of nitrogens with one attached hydrogen (secondary N) is 1. The van der Waals surface area contributed by atoms with Crippen molar-refractivity contribution in [3.05, 3.63) is 46.3 Å². The van der Waals surface area contributed by atoms with E-state index >= 15 is 0 Å². The second kappa shape index (κ2) is 10.3. The van der Waals surface area contributed by atoms with Gasteiger partial charge in [0.15, 0.2) is 23.9 Å². The van der Waals surface area contributed by atoms with Crippen molar-refractivity contribution < 1.29 is 33.3 Å². The van der Waals surface area contributed by atoms with Crippen molar-refractivity contribution in [2.24, 2.45) is 5.41 Å². The Morgan fingerprint density at radius 2 is 1.82 bits per heavy atom. The monoisotopic (exact) mass is 471 g/mol. The number of carbonyl (C=O) groups excluding carboxylic acids is 3. The van der Waals surface area contributed by atoms with Crippen molar-refractivity contribution in [3.8, 4) is 11.5 Å². The molecule has 0 aromatic heterocycles. The fourth-order valence-corrected chi connectivity index (χ4v) is 4.58. The van der Waals surface area contributed by atoms with Crippen LogP contribution in [0.4, 0.5) is 0 Å². The van der Waals surface area contributed by atoms with Crippen LogP contribution in [-0.4, -0.2) is 44.7 Å². The van der Waals surface area contributed by atoms with Gasteiger partial charge in [-0.1, -0.05) is 19.9 Å². The van der Waals surface area contributed by atoms with Crippen molar-refractivity contribution in [2.45, 2.75) is 53.4 Å². The maximum Gasteiger partial charge on any atom is 0.344 e. The van der Waals surface area contributed by atoms with Crippen LogP contribution >= 0.6 is 0 Å². The van der Waals surface area contributed by atoms with Crippen molar-refractivity contribution in [3.63, 3.8) is 0 Å². The van der Waals surface area contributed by atoms with Crippen LogP contribution in [0.25, 0.3) is 0 Å². The summed E-state index contributed by atoms with van der Waals surface area (Å²) in [5.74, 6) is -0.804. The molecule has 0 radical (unpaired) electrons. The topological polar surface area (TPSA) is 100 Å². The Labute approximate surface area is 200 Å². The molecular weight excluding hydrogens is 438 g/mol. The van der Waals surface area contributed by atoms with Gasteiger partial charge in [0, 0.05) is 29.3 Å². The molecule has 0 saturated heterocycles. The van der Waals surface area contributed by atoms with E-state index in [1.165, 1.54) is 7.11 Å². The third kappa shape index (κ3) is 5.26. The van der Waals surface area contributed by atoms with E-state index in [1.54, 1.807) is 25.1 Å². The number of hydrogen-bond acceptors (Lipinski definition) is 8. The Kier molecular flexibility index (Phi) is 7.69. The maximum absolute atomic E-state index is 13.3. The Morgan fingerprint density at radius 1 is 1.09 bits per heavy atom. The molecule has 1 N–H and O–H groups in total. The summed E-state index contributed by atoms with van der Waals surface area (Å²) < 4.78 is 21.4. The molecule has 1 aromatic carbocycles. The van der Waals surface area contributed by atoms with Crippen LogP contribution in [0.3, 0.4) is 0 Å². The van der Waals surface area contributed by atoms with E-state index < -0.39 is 17.9 Å². The summed E-state index contributed by atoms with van der Waals surface area (Å²) in [5, 5.41) is 3.30. The van der Waals surface area contributed by atoms with E-state index in [1.807, 2.05) is 13.8 Å². The normalized spacial score (nSPS) is 19.2. The molecule has 1 aromatic rings. The van der Waals surface area contributed by atoms with Gasteiger partial charge < -0.3 is 24.3 Å². The highest BCUT2D eigenvalue weighted by molar-refractivity contribution is 6.04. The second-order valence-corrected chi connectivity index (χ2v) is 9.15. The lowest BCUT2D eigenvalue weighted by Crippen LogP contribution is -2.38. The predicted octanol–water partition coefficient (Wildman–Crippen LogP) is 3.80. The van der Waals surface area contributed by atoms with Gasteiger partial charge in [-0.2, -0.15) is 0 Å². The van der Waals surface area contributed by atoms with E-state index in [9.17, 15) is 14.4 Å². The number of ether oxygens (including phenoxy) is 4. The molecule has 8 nitrogen and oxygen atoms in total. The van der Waals surface area contributed by atoms with Crippen LogP contribution in [0.1, 0.15) is 58.9 Å². The first-order valence-corrected chi connectivity index (χ1v) is 11.5. The maximum atomic E-state index is 13.3. The summed E-state index contributed by atoms with van der Waals surface area (Å²) in [6.07, 6.45) is 1.08. The Morgan fingerprint density at radius 3 is 2.47 bits per heavy atom. The van der Waals surface area contributed by atoms with Gasteiger partial charge in [0.1, 0.15) is 0 Å². The van der Waals surface area contributed by atoms with Gasteiger partial charge >= 0.3 is 11.9 Å². The summed E-state index contributed by atoms with van der Waals surface area (Å²) in [7, 11) is 1.33. The summed E-state index contributed by atoms with van der Waals surface area (Å²) in [6, 6.07) is 5.23. The fourth-order valence-electron chi connectivity index (χ4n) is 4.58. The van der Waals surface area contributed by atoms with Crippen molar-refractivity contribution in [2.75, 3.05) is 26.9 Å². The first-order valence-electron chi connectivity index (χ1n) is 11.5. The molecule has 3 rings (SSSR count). The zero-order valence-corrected chi connectivity index (χ0v) is 20.7. The van der Waals surface area contributed by atoms with Crippen LogP contribution in [0, 0.1) is 5.41 Å². The minimum atomic E-state index is -0.606. The molecule has 0 saturated carbocycles. The number of esters is 2. The standard InChI is InChI=1S/C26H33NO7/c1-7-32-20-11-16(9-10-19(20)34-14-21(29)33-8-2)23-22(25(30)31-6)15(3)27-17-12-26(4,5)13-18(28)24(17)23/h9-11,23,27H,7-8,12-14H2,1-6H3/t23-/m0/s1. The minimum absolute atomic E-state index is 0.00162. The lowest BCUT2D eigenvalue weighted by molar-refractivity contribution is -0.145. The van der Waals surface area contributed by atoms with Gasteiger partial charge in [-0.15, -0.1) is 0 Å². The van der Waals surface area contributed by atoms with Gasteiger partial charge in [0.05, 0.1) is 25.9 Å². The van der Waals surface area contributed by atoms with Crippen LogP contribution in [-0.2, 0) is 23.9 Å². The van der Waals surface area contributed by atoms with Crippen molar-refractivity contribution >= 4 is 17.7 Å². The molecule has 1 aliphatic heterocycles.